The zero-order valence-corrected chi connectivity index (χ0v) is 18.5. The van der Waals surface area contributed by atoms with E-state index in [9.17, 15) is 9.59 Å². The fraction of sp³-hybridized carbons (Fsp3) is 0.0769. The van der Waals surface area contributed by atoms with E-state index < -0.39 is 11.9 Å². The number of fused-ring (bicyclic) bond motifs is 2. The van der Waals surface area contributed by atoms with E-state index in [1.165, 1.54) is 11.3 Å². The SMILES string of the molecule is C=C(C)C(=O)Oc1c2ccccc2c(OC(=O)C(=C)C)c2c(Oc3cccs3)cccc12. The maximum atomic E-state index is 12.5. The minimum atomic E-state index is -0.561. The predicted molar refractivity (Wildman–Crippen MR) is 127 cm³/mol. The molecule has 0 atom stereocenters. The number of carbonyl (C=O) groups is 2. The monoisotopic (exact) mass is 444 g/mol. The van der Waals surface area contributed by atoms with Crippen molar-refractivity contribution in [3.8, 4) is 22.3 Å². The second-order valence-electron chi connectivity index (χ2n) is 7.26. The molecule has 0 bridgehead atoms. The maximum absolute atomic E-state index is 12.5. The highest BCUT2D eigenvalue weighted by atomic mass is 32.1. The molecule has 0 saturated carbocycles. The standard InChI is InChI=1S/C26H20O5S/c1-15(2)25(27)30-23-17-9-5-6-10-18(17)24(31-26(28)16(3)4)22-19(23)11-7-12-20(22)29-21-13-8-14-32-21/h5-14H,1,3H2,2,4H3. The summed E-state index contributed by atoms with van der Waals surface area (Å²) in [4.78, 5) is 25.0. The van der Waals surface area contributed by atoms with Crippen LogP contribution < -0.4 is 14.2 Å². The summed E-state index contributed by atoms with van der Waals surface area (Å²) in [6.07, 6.45) is 0. The smallest absolute Gasteiger partial charge is 0.338 e. The van der Waals surface area contributed by atoms with Gasteiger partial charge in [-0.05, 0) is 37.4 Å². The topological polar surface area (TPSA) is 61.8 Å². The first-order valence-corrected chi connectivity index (χ1v) is 10.7. The Balaban J connectivity index is 2.07. The van der Waals surface area contributed by atoms with Crippen molar-refractivity contribution in [3.05, 3.63) is 84.3 Å². The number of carbonyl (C=O) groups excluding carboxylic acids is 2. The second kappa shape index (κ2) is 8.69. The van der Waals surface area contributed by atoms with Crippen LogP contribution in [0.25, 0.3) is 21.5 Å². The summed E-state index contributed by atoms with van der Waals surface area (Å²) < 4.78 is 17.7. The van der Waals surface area contributed by atoms with Gasteiger partial charge in [0.05, 0.1) is 5.39 Å². The zero-order valence-electron chi connectivity index (χ0n) is 17.6. The lowest BCUT2D eigenvalue weighted by molar-refractivity contribution is -0.130. The quantitative estimate of drug-likeness (QED) is 0.141. The molecule has 0 amide bonds. The fourth-order valence-electron chi connectivity index (χ4n) is 3.20. The molecule has 0 fully saturated rings. The van der Waals surface area contributed by atoms with E-state index in [0.717, 1.165) is 0 Å². The number of esters is 2. The molecule has 0 saturated heterocycles. The van der Waals surface area contributed by atoms with Crippen LogP contribution in [0, 0.1) is 0 Å². The van der Waals surface area contributed by atoms with Gasteiger partial charge < -0.3 is 14.2 Å². The molecule has 32 heavy (non-hydrogen) atoms. The van der Waals surface area contributed by atoms with Crippen molar-refractivity contribution >= 4 is 44.8 Å². The van der Waals surface area contributed by atoms with Gasteiger partial charge in [0.25, 0.3) is 0 Å². The van der Waals surface area contributed by atoms with Gasteiger partial charge in [0.2, 0.25) is 0 Å². The molecule has 160 valence electrons. The van der Waals surface area contributed by atoms with Gasteiger partial charge in [-0.3, -0.25) is 0 Å². The average molecular weight is 445 g/mol. The Hall–Kier alpha value is -3.90. The van der Waals surface area contributed by atoms with Gasteiger partial charge in [-0.15, -0.1) is 11.3 Å². The van der Waals surface area contributed by atoms with Gasteiger partial charge in [0.1, 0.15) is 11.5 Å². The molecule has 1 aromatic heterocycles. The van der Waals surface area contributed by atoms with Crippen LogP contribution in [0.5, 0.6) is 22.3 Å². The Morgan fingerprint density at radius 2 is 1.34 bits per heavy atom. The number of hydrogen-bond donors (Lipinski definition) is 0. The molecule has 4 rings (SSSR count). The zero-order chi connectivity index (χ0) is 22.8. The van der Waals surface area contributed by atoms with E-state index in [0.29, 0.717) is 43.9 Å². The Labute approximate surface area is 189 Å². The summed E-state index contributed by atoms with van der Waals surface area (Å²) in [5.41, 5.74) is 0.530. The second-order valence-corrected chi connectivity index (χ2v) is 8.17. The third-order valence-corrected chi connectivity index (χ3v) is 5.45. The predicted octanol–water partition coefficient (Wildman–Crippen LogP) is 6.81. The highest BCUT2D eigenvalue weighted by Crippen LogP contribution is 2.47. The number of ether oxygens (including phenoxy) is 3. The molecule has 0 radical (unpaired) electrons. The van der Waals surface area contributed by atoms with Crippen molar-refractivity contribution in [2.24, 2.45) is 0 Å². The third kappa shape index (κ3) is 4.00. The highest BCUT2D eigenvalue weighted by molar-refractivity contribution is 7.11. The van der Waals surface area contributed by atoms with Gasteiger partial charge in [0, 0.05) is 27.3 Å². The highest BCUT2D eigenvalue weighted by Gasteiger charge is 2.23. The van der Waals surface area contributed by atoms with Crippen LogP contribution in [0.4, 0.5) is 0 Å². The Bertz CT molecular complexity index is 1380. The van der Waals surface area contributed by atoms with E-state index >= 15 is 0 Å². The van der Waals surface area contributed by atoms with Gasteiger partial charge >= 0.3 is 11.9 Å². The van der Waals surface area contributed by atoms with E-state index in [4.69, 9.17) is 14.2 Å². The van der Waals surface area contributed by atoms with Gasteiger partial charge in [0.15, 0.2) is 10.8 Å². The normalized spacial score (nSPS) is 10.7. The first-order valence-electron chi connectivity index (χ1n) is 9.81. The lowest BCUT2D eigenvalue weighted by Crippen LogP contribution is -2.11. The van der Waals surface area contributed by atoms with E-state index in [1.54, 1.807) is 44.2 Å². The van der Waals surface area contributed by atoms with Gasteiger partial charge in [-0.1, -0.05) is 49.6 Å². The van der Waals surface area contributed by atoms with E-state index in [1.807, 2.05) is 29.6 Å². The lowest BCUT2D eigenvalue weighted by atomic mass is 9.99. The maximum Gasteiger partial charge on any atom is 0.338 e. The Kier molecular flexibility index (Phi) is 5.79. The first-order chi connectivity index (χ1) is 15.4. The van der Waals surface area contributed by atoms with E-state index in [-0.39, 0.29) is 11.1 Å². The Morgan fingerprint density at radius 1 is 0.750 bits per heavy atom. The molecule has 3 aromatic carbocycles. The summed E-state index contributed by atoms with van der Waals surface area (Å²) in [6.45, 7) is 10.5. The minimum Gasteiger partial charge on any atom is -0.446 e. The number of hydrogen-bond acceptors (Lipinski definition) is 6. The molecule has 6 heteroatoms. The summed E-state index contributed by atoms with van der Waals surface area (Å²) >= 11 is 1.43. The molecule has 0 aliphatic carbocycles. The molecule has 0 N–H and O–H groups in total. The largest absolute Gasteiger partial charge is 0.446 e. The van der Waals surface area contributed by atoms with Crippen molar-refractivity contribution in [3.63, 3.8) is 0 Å². The summed E-state index contributed by atoms with van der Waals surface area (Å²) in [6, 6.07) is 16.3. The molecule has 0 aliphatic heterocycles. The van der Waals surface area contributed by atoms with Crippen LogP contribution in [-0.4, -0.2) is 11.9 Å². The molecular weight excluding hydrogens is 424 g/mol. The molecule has 0 unspecified atom stereocenters. The number of thiophene rings is 1. The summed E-state index contributed by atoms with van der Waals surface area (Å²) in [5, 5.41) is 4.87. The summed E-state index contributed by atoms with van der Waals surface area (Å²) in [5.74, 6) is 0.0100. The first kappa shape index (κ1) is 21.3. The van der Waals surface area contributed by atoms with Crippen molar-refractivity contribution in [1.29, 1.82) is 0 Å². The lowest BCUT2D eigenvalue weighted by Gasteiger charge is -2.18. The van der Waals surface area contributed by atoms with Gasteiger partial charge in [-0.2, -0.15) is 0 Å². The van der Waals surface area contributed by atoms with Crippen molar-refractivity contribution in [1.82, 2.24) is 0 Å². The van der Waals surface area contributed by atoms with Crippen LogP contribution in [0.15, 0.2) is 84.3 Å². The van der Waals surface area contributed by atoms with Crippen LogP contribution in [-0.2, 0) is 9.59 Å². The molecule has 0 spiro atoms. The van der Waals surface area contributed by atoms with Crippen molar-refractivity contribution < 1.29 is 23.8 Å². The molecule has 1 heterocycles. The average Bonchev–Trinajstić information content (AvgIpc) is 3.28. The minimum absolute atomic E-state index is 0.261. The van der Waals surface area contributed by atoms with Crippen molar-refractivity contribution in [2.45, 2.75) is 13.8 Å². The van der Waals surface area contributed by atoms with Crippen LogP contribution in [0.2, 0.25) is 0 Å². The molecule has 4 aromatic rings. The summed E-state index contributed by atoms with van der Waals surface area (Å²) in [7, 11) is 0. The molecular formula is C26H20O5S. The van der Waals surface area contributed by atoms with Crippen LogP contribution in [0.3, 0.4) is 0 Å². The Morgan fingerprint density at radius 3 is 1.94 bits per heavy atom. The number of benzene rings is 3. The van der Waals surface area contributed by atoms with Crippen LogP contribution >= 0.6 is 11.3 Å². The van der Waals surface area contributed by atoms with Crippen molar-refractivity contribution in [2.75, 3.05) is 0 Å². The fourth-order valence-corrected chi connectivity index (χ4v) is 3.79. The molecule has 5 nitrogen and oxygen atoms in total. The van der Waals surface area contributed by atoms with Gasteiger partial charge in [-0.25, -0.2) is 9.59 Å². The number of rotatable bonds is 6. The third-order valence-electron chi connectivity index (χ3n) is 4.71. The van der Waals surface area contributed by atoms with E-state index in [2.05, 4.69) is 13.2 Å². The van der Waals surface area contributed by atoms with Crippen LogP contribution in [0.1, 0.15) is 13.8 Å². The molecule has 0 aliphatic rings.